The van der Waals surface area contributed by atoms with Crippen molar-refractivity contribution in [1.29, 1.82) is 0 Å². The number of hydrogen-bond acceptors (Lipinski definition) is 3. The molecule has 0 saturated carbocycles. The largest absolute Gasteiger partial charge is 0.256 e. The van der Waals surface area contributed by atoms with Gasteiger partial charge >= 0.3 is 0 Å². The average molecular weight is 628 g/mol. The van der Waals surface area contributed by atoms with Crippen LogP contribution in [0.5, 0.6) is 0 Å². The van der Waals surface area contributed by atoms with Gasteiger partial charge in [-0.05, 0) is 94.9 Å². The van der Waals surface area contributed by atoms with Crippen LogP contribution < -0.4 is 0 Å². The van der Waals surface area contributed by atoms with Gasteiger partial charge in [0.15, 0.2) is 0 Å². The van der Waals surface area contributed by atoms with E-state index in [2.05, 4.69) is 145 Å². The van der Waals surface area contributed by atoms with E-state index in [0.717, 1.165) is 84.1 Å². The summed E-state index contributed by atoms with van der Waals surface area (Å²) in [6, 6.07) is 61.7. The molecule has 49 heavy (non-hydrogen) atoms. The lowest BCUT2D eigenvalue weighted by Gasteiger charge is -2.14. The molecule has 3 heteroatoms. The minimum atomic E-state index is 0.943. The predicted molar refractivity (Wildman–Crippen MR) is 203 cm³/mol. The first-order valence-electron chi connectivity index (χ1n) is 16.5. The molecular formula is C46H33N3. The van der Waals surface area contributed by atoms with E-state index in [4.69, 9.17) is 9.97 Å². The molecule has 0 aliphatic rings. The van der Waals surface area contributed by atoms with Crippen LogP contribution in [0, 0.1) is 6.92 Å². The second kappa shape index (κ2) is 13.3. The first-order valence-corrected chi connectivity index (χ1v) is 16.5. The van der Waals surface area contributed by atoms with Crippen molar-refractivity contribution in [3.63, 3.8) is 0 Å². The monoisotopic (exact) mass is 627 g/mol. The minimum Gasteiger partial charge on any atom is -0.256 e. The molecule has 3 aromatic heterocycles. The van der Waals surface area contributed by atoms with Crippen LogP contribution in [0.3, 0.4) is 0 Å². The van der Waals surface area contributed by atoms with Crippen molar-refractivity contribution >= 4 is 0 Å². The molecule has 0 aliphatic heterocycles. The number of nitrogens with zero attached hydrogens (tertiary/aromatic N) is 3. The molecule has 0 saturated heterocycles. The maximum Gasteiger partial charge on any atom is 0.0715 e. The van der Waals surface area contributed by atoms with Crippen molar-refractivity contribution in [2.45, 2.75) is 6.92 Å². The number of aromatic nitrogens is 3. The third kappa shape index (κ3) is 6.56. The third-order valence-corrected chi connectivity index (χ3v) is 8.81. The van der Waals surface area contributed by atoms with Crippen molar-refractivity contribution < 1.29 is 0 Å². The summed E-state index contributed by atoms with van der Waals surface area (Å²) in [7, 11) is 0. The summed E-state index contributed by atoms with van der Waals surface area (Å²) >= 11 is 0. The highest BCUT2D eigenvalue weighted by molar-refractivity contribution is 5.85. The van der Waals surface area contributed by atoms with Crippen LogP contribution in [0.15, 0.2) is 182 Å². The molecule has 3 heterocycles. The van der Waals surface area contributed by atoms with Gasteiger partial charge in [0.05, 0.1) is 22.8 Å². The summed E-state index contributed by atoms with van der Waals surface area (Å²) in [6.45, 7) is 2.03. The number of hydrogen-bond donors (Lipinski definition) is 0. The molecule has 0 bridgehead atoms. The van der Waals surface area contributed by atoms with Gasteiger partial charge in [0, 0.05) is 34.1 Å². The lowest BCUT2D eigenvalue weighted by Crippen LogP contribution is -1.92. The number of rotatable bonds is 7. The first kappa shape index (κ1) is 29.9. The summed E-state index contributed by atoms with van der Waals surface area (Å²) in [4.78, 5) is 14.4. The van der Waals surface area contributed by atoms with Gasteiger partial charge < -0.3 is 0 Å². The van der Waals surface area contributed by atoms with Crippen LogP contribution in [-0.4, -0.2) is 15.0 Å². The predicted octanol–water partition coefficient (Wildman–Crippen LogP) is 11.8. The Hall–Kier alpha value is -6.45. The van der Waals surface area contributed by atoms with Crippen molar-refractivity contribution in [1.82, 2.24) is 15.0 Å². The molecule has 5 aromatic carbocycles. The summed E-state index contributed by atoms with van der Waals surface area (Å²) in [6.07, 6.45) is 1.83. The fourth-order valence-electron chi connectivity index (χ4n) is 6.24. The maximum absolute atomic E-state index is 5.13. The Kier molecular flexibility index (Phi) is 8.15. The Bertz CT molecular complexity index is 2290. The molecule has 0 amide bonds. The SMILES string of the molecule is Cc1cccc(-c2ccc(-c3cc(-c4ccc(-c5ccccn5)cc4)cc(-c4cc(-c5ccccc5)nc(-c5ccccc5)c4)c3)cc2)n1. The molecule has 0 spiro atoms. The molecule has 0 radical (unpaired) electrons. The van der Waals surface area contributed by atoms with Gasteiger partial charge in [-0.2, -0.15) is 0 Å². The van der Waals surface area contributed by atoms with Gasteiger partial charge in [-0.25, -0.2) is 4.98 Å². The van der Waals surface area contributed by atoms with Gasteiger partial charge in [0.25, 0.3) is 0 Å². The molecule has 8 rings (SSSR count). The maximum atomic E-state index is 5.13. The first-order chi connectivity index (χ1) is 24.2. The fourth-order valence-corrected chi connectivity index (χ4v) is 6.24. The molecule has 232 valence electrons. The third-order valence-electron chi connectivity index (χ3n) is 8.81. The molecule has 0 aliphatic carbocycles. The molecule has 0 fully saturated rings. The van der Waals surface area contributed by atoms with E-state index in [9.17, 15) is 0 Å². The zero-order valence-electron chi connectivity index (χ0n) is 27.2. The van der Waals surface area contributed by atoms with Crippen LogP contribution in [0.1, 0.15) is 5.69 Å². The second-order valence-electron chi connectivity index (χ2n) is 12.2. The molecule has 0 N–H and O–H groups in total. The summed E-state index contributed by atoms with van der Waals surface area (Å²) in [5, 5.41) is 0. The summed E-state index contributed by atoms with van der Waals surface area (Å²) in [5.74, 6) is 0. The van der Waals surface area contributed by atoms with Gasteiger partial charge in [-0.3, -0.25) is 9.97 Å². The normalized spacial score (nSPS) is 11.0. The van der Waals surface area contributed by atoms with Crippen LogP contribution in [0.4, 0.5) is 0 Å². The Labute approximate surface area is 287 Å². The van der Waals surface area contributed by atoms with Gasteiger partial charge in [-0.1, -0.05) is 121 Å². The van der Waals surface area contributed by atoms with Gasteiger partial charge in [-0.15, -0.1) is 0 Å². The zero-order chi connectivity index (χ0) is 33.0. The van der Waals surface area contributed by atoms with Crippen LogP contribution in [-0.2, 0) is 0 Å². The van der Waals surface area contributed by atoms with E-state index >= 15 is 0 Å². The fraction of sp³-hybridized carbons (Fsp3) is 0.0217. The Morgan fingerprint density at radius 2 is 0.714 bits per heavy atom. The van der Waals surface area contributed by atoms with E-state index in [1.807, 2.05) is 49.5 Å². The Morgan fingerprint density at radius 1 is 0.286 bits per heavy atom. The zero-order valence-corrected chi connectivity index (χ0v) is 27.2. The van der Waals surface area contributed by atoms with Gasteiger partial charge in [0.2, 0.25) is 0 Å². The van der Waals surface area contributed by atoms with Crippen molar-refractivity contribution in [2.24, 2.45) is 0 Å². The summed E-state index contributed by atoms with van der Waals surface area (Å²) < 4.78 is 0. The quantitative estimate of drug-likeness (QED) is 0.176. The summed E-state index contributed by atoms with van der Waals surface area (Å²) in [5.41, 5.74) is 16.0. The van der Waals surface area contributed by atoms with Gasteiger partial charge in [0.1, 0.15) is 0 Å². The second-order valence-corrected chi connectivity index (χ2v) is 12.2. The van der Waals surface area contributed by atoms with Crippen molar-refractivity contribution in [3.05, 3.63) is 188 Å². The molecule has 0 unspecified atom stereocenters. The molecule has 3 nitrogen and oxygen atoms in total. The highest BCUT2D eigenvalue weighted by Crippen LogP contribution is 2.37. The standard InChI is InChI=1S/C46H33N3/c1-32-11-10-17-44(48-32)38-24-20-34(21-25-38)40-27-39(33-18-22-37(23-19-33)43-16-8-9-26-47-43)28-41(29-40)42-30-45(35-12-4-2-5-13-35)49-46(31-42)36-14-6-3-7-15-36/h2-31H,1H3. The van der Waals surface area contributed by atoms with E-state index in [0.29, 0.717) is 0 Å². The van der Waals surface area contributed by atoms with E-state index in [-0.39, 0.29) is 0 Å². The molecule has 0 atom stereocenters. The highest BCUT2D eigenvalue weighted by atomic mass is 14.7. The number of aryl methyl sites for hydroxylation is 1. The topological polar surface area (TPSA) is 38.7 Å². The van der Waals surface area contributed by atoms with Crippen LogP contribution in [0.25, 0.3) is 78.4 Å². The lowest BCUT2D eigenvalue weighted by atomic mass is 9.91. The Morgan fingerprint density at radius 3 is 1.22 bits per heavy atom. The smallest absolute Gasteiger partial charge is 0.0715 e. The van der Waals surface area contributed by atoms with E-state index in [1.54, 1.807) is 0 Å². The average Bonchev–Trinajstić information content (AvgIpc) is 3.19. The highest BCUT2D eigenvalue weighted by Gasteiger charge is 2.13. The molecule has 8 aromatic rings. The molecular weight excluding hydrogens is 595 g/mol. The van der Waals surface area contributed by atoms with Crippen molar-refractivity contribution in [2.75, 3.05) is 0 Å². The Balaban J connectivity index is 1.27. The number of pyridine rings is 3. The van der Waals surface area contributed by atoms with Crippen LogP contribution >= 0.6 is 0 Å². The van der Waals surface area contributed by atoms with E-state index in [1.165, 1.54) is 0 Å². The number of benzene rings is 5. The lowest BCUT2D eigenvalue weighted by molar-refractivity contribution is 1.21. The minimum absolute atomic E-state index is 0.943. The van der Waals surface area contributed by atoms with Crippen molar-refractivity contribution in [3.8, 4) is 78.4 Å². The van der Waals surface area contributed by atoms with E-state index < -0.39 is 0 Å². The van der Waals surface area contributed by atoms with Crippen LogP contribution in [0.2, 0.25) is 0 Å².